The van der Waals surface area contributed by atoms with Crippen LogP contribution in [-0.2, 0) is 0 Å². The fourth-order valence-electron chi connectivity index (χ4n) is 2.85. The number of hydrogen-bond donors (Lipinski definition) is 1. The summed E-state index contributed by atoms with van der Waals surface area (Å²) in [5.41, 5.74) is 8.04. The molecule has 106 valence electrons. The highest BCUT2D eigenvalue weighted by Gasteiger charge is 2.16. The average molecular weight is 270 g/mol. The van der Waals surface area contributed by atoms with Gasteiger partial charge in [-0.1, -0.05) is 6.07 Å². The number of benzene rings is 2. The van der Waals surface area contributed by atoms with Crippen LogP contribution in [0.1, 0.15) is 27.8 Å². The monoisotopic (exact) mass is 270 g/mol. The predicted molar refractivity (Wildman–Crippen MR) is 83.8 cm³/mol. The molecule has 0 saturated heterocycles. The Morgan fingerprint density at radius 2 is 1.35 bits per heavy atom. The van der Waals surface area contributed by atoms with Crippen molar-refractivity contribution in [2.75, 3.05) is 7.11 Å². The molecule has 0 aliphatic carbocycles. The highest BCUT2D eigenvalue weighted by atomic mass is 16.5. The third-order valence-electron chi connectivity index (χ3n) is 4.13. The van der Waals surface area contributed by atoms with Gasteiger partial charge in [-0.25, -0.2) is 0 Å². The van der Waals surface area contributed by atoms with Crippen molar-refractivity contribution in [3.05, 3.63) is 46.0 Å². The lowest BCUT2D eigenvalue weighted by Crippen LogP contribution is -1.97. The van der Waals surface area contributed by atoms with E-state index in [4.69, 9.17) is 4.74 Å². The first-order valence-electron chi connectivity index (χ1n) is 6.82. The molecule has 2 nitrogen and oxygen atoms in total. The standard InChI is InChI=1S/C18H22O2/c1-10-7-11(2)17(14(5)13(10)4)18-12(3)8-15(20-6)9-16(18)19/h7-9,19H,1-6H3. The number of ether oxygens (including phenoxy) is 1. The average Bonchev–Trinajstić information content (AvgIpc) is 2.39. The number of phenolic OH excluding ortho intramolecular Hbond substituents is 1. The quantitative estimate of drug-likeness (QED) is 0.863. The Kier molecular flexibility index (Phi) is 3.76. The first kappa shape index (κ1) is 14.4. The van der Waals surface area contributed by atoms with Crippen molar-refractivity contribution < 1.29 is 9.84 Å². The van der Waals surface area contributed by atoms with Crippen LogP contribution in [0.5, 0.6) is 11.5 Å². The normalized spacial score (nSPS) is 10.7. The molecular formula is C18H22O2. The molecule has 0 aliphatic heterocycles. The first-order chi connectivity index (χ1) is 9.36. The van der Waals surface area contributed by atoms with Crippen LogP contribution in [0.2, 0.25) is 0 Å². The number of rotatable bonds is 2. The van der Waals surface area contributed by atoms with E-state index in [2.05, 4.69) is 33.8 Å². The van der Waals surface area contributed by atoms with E-state index >= 15 is 0 Å². The van der Waals surface area contributed by atoms with Gasteiger partial charge < -0.3 is 9.84 Å². The fourth-order valence-corrected chi connectivity index (χ4v) is 2.85. The predicted octanol–water partition coefficient (Wildman–Crippen LogP) is 4.61. The van der Waals surface area contributed by atoms with Gasteiger partial charge in [-0.3, -0.25) is 0 Å². The Morgan fingerprint density at radius 1 is 0.750 bits per heavy atom. The summed E-state index contributed by atoms with van der Waals surface area (Å²) in [6, 6.07) is 5.82. The highest BCUT2D eigenvalue weighted by molar-refractivity contribution is 5.80. The maximum Gasteiger partial charge on any atom is 0.127 e. The maximum absolute atomic E-state index is 10.4. The topological polar surface area (TPSA) is 29.5 Å². The Hall–Kier alpha value is -1.96. The molecule has 2 aromatic rings. The van der Waals surface area contributed by atoms with E-state index in [0.29, 0.717) is 5.75 Å². The molecule has 0 atom stereocenters. The van der Waals surface area contributed by atoms with Crippen molar-refractivity contribution in [3.8, 4) is 22.6 Å². The fraction of sp³-hybridized carbons (Fsp3) is 0.333. The van der Waals surface area contributed by atoms with Crippen LogP contribution in [0.4, 0.5) is 0 Å². The smallest absolute Gasteiger partial charge is 0.127 e. The summed E-state index contributed by atoms with van der Waals surface area (Å²) in [5, 5.41) is 10.4. The Bertz CT molecular complexity index is 647. The molecule has 0 bridgehead atoms. The van der Waals surface area contributed by atoms with Crippen LogP contribution in [0, 0.1) is 34.6 Å². The number of methoxy groups -OCH3 is 1. The summed E-state index contributed by atoms with van der Waals surface area (Å²) in [6.45, 7) is 10.5. The lowest BCUT2D eigenvalue weighted by atomic mass is 9.87. The Morgan fingerprint density at radius 3 is 1.90 bits per heavy atom. The van der Waals surface area contributed by atoms with Crippen LogP contribution < -0.4 is 4.74 Å². The number of aromatic hydroxyl groups is 1. The van der Waals surface area contributed by atoms with E-state index in [9.17, 15) is 5.11 Å². The zero-order chi connectivity index (χ0) is 15.0. The molecule has 0 aliphatic rings. The van der Waals surface area contributed by atoms with Crippen molar-refractivity contribution in [2.24, 2.45) is 0 Å². The van der Waals surface area contributed by atoms with Gasteiger partial charge in [0.05, 0.1) is 7.11 Å². The second-order valence-corrected chi connectivity index (χ2v) is 5.47. The van der Waals surface area contributed by atoms with E-state index in [1.807, 2.05) is 13.0 Å². The van der Waals surface area contributed by atoms with Crippen molar-refractivity contribution in [1.29, 1.82) is 0 Å². The lowest BCUT2D eigenvalue weighted by molar-refractivity contribution is 0.407. The van der Waals surface area contributed by atoms with Crippen molar-refractivity contribution in [3.63, 3.8) is 0 Å². The maximum atomic E-state index is 10.4. The van der Waals surface area contributed by atoms with Crippen molar-refractivity contribution >= 4 is 0 Å². The van der Waals surface area contributed by atoms with E-state index in [1.54, 1.807) is 13.2 Å². The molecule has 0 unspecified atom stereocenters. The third-order valence-corrected chi connectivity index (χ3v) is 4.13. The number of aryl methyl sites for hydroxylation is 3. The van der Waals surface area contributed by atoms with E-state index in [-0.39, 0.29) is 5.75 Å². The van der Waals surface area contributed by atoms with Crippen LogP contribution in [0.25, 0.3) is 11.1 Å². The van der Waals surface area contributed by atoms with Crippen LogP contribution in [-0.4, -0.2) is 12.2 Å². The molecule has 2 heteroatoms. The number of hydrogen-bond acceptors (Lipinski definition) is 2. The summed E-state index contributed by atoms with van der Waals surface area (Å²) in [7, 11) is 1.61. The summed E-state index contributed by atoms with van der Waals surface area (Å²) in [5.74, 6) is 0.958. The van der Waals surface area contributed by atoms with Gasteiger partial charge in [-0.15, -0.1) is 0 Å². The van der Waals surface area contributed by atoms with Crippen molar-refractivity contribution in [1.82, 2.24) is 0 Å². The van der Waals surface area contributed by atoms with Crippen LogP contribution in [0.3, 0.4) is 0 Å². The zero-order valence-corrected chi connectivity index (χ0v) is 13.1. The van der Waals surface area contributed by atoms with Gasteiger partial charge in [0, 0.05) is 11.6 Å². The molecule has 0 fully saturated rings. The molecule has 0 saturated carbocycles. The largest absolute Gasteiger partial charge is 0.507 e. The summed E-state index contributed by atoms with van der Waals surface area (Å²) < 4.78 is 5.21. The molecule has 0 spiro atoms. The van der Waals surface area contributed by atoms with Gasteiger partial charge in [-0.2, -0.15) is 0 Å². The van der Waals surface area contributed by atoms with Gasteiger partial charge in [-0.05, 0) is 74.1 Å². The number of phenols is 1. The summed E-state index contributed by atoms with van der Waals surface area (Å²) in [6.07, 6.45) is 0. The Balaban J connectivity index is 2.79. The SMILES string of the molecule is COc1cc(C)c(-c2c(C)cc(C)c(C)c2C)c(O)c1. The molecule has 20 heavy (non-hydrogen) atoms. The highest BCUT2D eigenvalue weighted by Crippen LogP contribution is 2.40. The molecule has 0 aromatic heterocycles. The first-order valence-corrected chi connectivity index (χ1v) is 6.82. The molecular weight excluding hydrogens is 248 g/mol. The van der Waals surface area contributed by atoms with E-state index < -0.39 is 0 Å². The van der Waals surface area contributed by atoms with Gasteiger partial charge >= 0.3 is 0 Å². The third kappa shape index (κ3) is 2.26. The van der Waals surface area contributed by atoms with Gasteiger partial charge in [0.25, 0.3) is 0 Å². The summed E-state index contributed by atoms with van der Waals surface area (Å²) in [4.78, 5) is 0. The minimum Gasteiger partial charge on any atom is -0.507 e. The second-order valence-electron chi connectivity index (χ2n) is 5.47. The van der Waals surface area contributed by atoms with Gasteiger partial charge in [0.2, 0.25) is 0 Å². The molecule has 0 heterocycles. The van der Waals surface area contributed by atoms with Crippen molar-refractivity contribution in [2.45, 2.75) is 34.6 Å². The second kappa shape index (κ2) is 5.20. The van der Waals surface area contributed by atoms with E-state index in [0.717, 1.165) is 16.7 Å². The summed E-state index contributed by atoms with van der Waals surface area (Å²) >= 11 is 0. The van der Waals surface area contributed by atoms with Gasteiger partial charge in [0.1, 0.15) is 11.5 Å². The van der Waals surface area contributed by atoms with Crippen LogP contribution >= 0.6 is 0 Å². The molecule has 0 amide bonds. The zero-order valence-electron chi connectivity index (χ0n) is 13.1. The molecule has 1 N–H and O–H groups in total. The molecule has 2 rings (SSSR count). The minimum absolute atomic E-state index is 0.274. The lowest BCUT2D eigenvalue weighted by Gasteiger charge is -2.18. The molecule has 2 aromatic carbocycles. The van der Waals surface area contributed by atoms with Gasteiger partial charge in [0.15, 0.2) is 0 Å². The Labute approximate surface area is 121 Å². The van der Waals surface area contributed by atoms with E-state index in [1.165, 1.54) is 22.3 Å². The van der Waals surface area contributed by atoms with Crippen LogP contribution in [0.15, 0.2) is 18.2 Å². The molecule has 0 radical (unpaired) electrons. The minimum atomic E-state index is 0.274.